The van der Waals surface area contributed by atoms with Gasteiger partial charge < -0.3 is 40.7 Å². The van der Waals surface area contributed by atoms with Crippen LogP contribution in [0.2, 0.25) is 0 Å². The van der Waals surface area contributed by atoms with Gasteiger partial charge in [0.1, 0.15) is 60.2 Å². The number of hydrogen-bond donors (Lipinski definition) is 4. The van der Waals surface area contributed by atoms with Crippen LogP contribution in [0.15, 0.2) is 42.5 Å². The molecule has 58 heavy (non-hydrogen) atoms. The SMILES string of the molecule is Cc1ccc(NC(=O)N[C@@H](Cc2cc(F)cc(F)c2)C(=O)N[C@@H]2C(=O)N3CCC[C@H]3C(=O)N3CCCC[C@H]3C(=O)N[C@@H](C)C(=O)N3C[C@@H](F)C[C@H]3C(=O)O[C@H]2C)cc1. The standard InChI is InChI=1S/C40H48F3N7O8/c1-21-9-11-28(12-10-21)45-40(57)46-29(17-24-15-25(41)18-26(42)16-24)34(51)47-33-23(3)58-39(56)32-19-27(43)20-50(32)36(53)22(2)44-35(52)30-7-4-5-13-48(30)37(54)31-8-6-14-49(31)38(33)55/h9-12,15-16,18,22-23,27,29-33H,4-8,13-14,17,19-20H2,1-3H3,(H,44,52)(H,47,51)(H2,45,46,57)/t22-,23-,27-,29-,30-,31-,32-,33-/m0/s1. The number of fused-ring (bicyclic) bond motifs is 3. The number of benzene rings is 2. The minimum Gasteiger partial charge on any atom is -0.458 e. The zero-order chi connectivity index (χ0) is 41.8. The molecule has 0 bridgehead atoms. The highest BCUT2D eigenvalue weighted by atomic mass is 19.1. The lowest BCUT2D eigenvalue weighted by molar-refractivity contribution is -0.163. The highest BCUT2D eigenvalue weighted by molar-refractivity contribution is 5.98. The highest BCUT2D eigenvalue weighted by Gasteiger charge is 2.48. The number of alkyl halides is 1. The van der Waals surface area contributed by atoms with Crippen LogP contribution in [-0.4, -0.2) is 124 Å². The molecule has 0 unspecified atom stereocenters. The van der Waals surface area contributed by atoms with Crippen LogP contribution >= 0.6 is 0 Å². The van der Waals surface area contributed by atoms with Crippen molar-refractivity contribution in [2.45, 2.75) is 114 Å². The normalized spacial score (nSPS) is 27.5. The number of piperidine rings is 1. The number of nitrogens with zero attached hydrogens (tertiary/aromatic N) is 3. The number of hydrogen-bond acceptors (Lipinski definition) is 8. The molecule has 0 aromatic heterocycles. The first-order valence-corrected chi connectivity index (χ1v) is 19.6. The van der Waals surface area contributed by atoms with Crippen molar-refractivity contribution in [2.75, 3.05) is 25.0 Å². The zero-order valence-corrected chi connectivity index (χ0v) is 32.5. The first-order chi connectivity index (χ1) is 27.6. The Kier molecular flexibility index (Phi) is 12.9. The summed E-state index contributed by atoms with van der Waals surface area (Å²) in [5, 5.41) is 10.3. The summed E-state index contributed by atoms with van der Waals surface area (Å²) >= 11 is 0. The number of carbonyl (C=O) groups is 7. The molecule has 0 aliphatic carbocycles. The van der Waals surface area contributed by atoms with Crippen LogP contribution in [-0.2, 0) is 39.9 Å². The predicted octanol–water partition coefficient (Wildman–Crippen LogP) is 2.25. The van der Waals surface area contributed by atoms with Gasteiger partial charge in [-0.25, -0.2) is 22.8 Å². The van der Waals surface area contributed by atoms with Gasteiger partial charge in [0.25, 0.3) is 0 Å². The van der Waals surface area contributed by atoms with E-state index in [4.69, 9.17) is 4.74 Å². The Hall–Kier alpha value is -5.68. The molecule has 18 heteroatoms. The van der Waals surface area contributed by atoms with Gasteiger partial charge in [-0.2, -0.15) is 0 Å². The largest absolute Gasteiger partial charge is 0.458 e. The van der Waals surface area contributed by atoms with Gasteiger partial charge in [-0.1, -0.05) is 17.7 Å². The molecular formula is C40H48F3N7O8. The second kappa shape index (κ2) is 17.9. The van der Waals surface area contributed by atoms with Gasteiger partial charge in [0.2, 0.25) is 29.5 Å². The van der Waals surface area contributed by atoms with E-state index < -0.39 is 121 Å². The Bertz CT molecular complexity index is 1920. The summed E-state index contributed by atoms with van der Waals surface area (Å²) in [6.45, 7) is 4.38. The molecule has 7 amide bonds. The maximum absolute atomic E-state index is 14.9. The van der Waals surface area contributed by atoms with Gasteiger partial charge in [-0.05, 0) is 82.7 Å². The molecule has 4 N–H and O–H groups in total. The molecular weight excluding hydrogens is 763 g/mol. The number of carbonyl (C=O) groups excluding carboxylic acids is 7. The molecule has 8 atom stereocenters. The number of rotatable bonds is 6. The molecule has 4 saturated heterocycles. The Morgan fingerprint density at radius 1 is 0.845 bits per heavy atom. The summed E-state index contributed by atoms with van der Waals surface area (Å²) in [4.78, 5) is 101. The van der Waals surface area contributed by atoms with Gasteiger partial charge in [-0.15, -0.1) is 0 Å². The fraction of sp³-hybridized carbons (Fsp3) is 0.525. The predicted molar refractivity (Wildman–Crippen MR) is 201 cm³/mol. The van der Waals surface area contributed by atoms with Crippen molar-refractivity contribution < 1.29 is 51.5 Å². The van der Waals surface area contributed by atoms with Crippen molar-refractivity contribution in [1.82, 2.24) is 30.7 Å². The number of ether oxygens (including phenoxy) is 1. The van der Waals surface area contributed by atoms with Crippen LogP contribution in [0.1, 0.15) is 63.5 Å². The van der Waals surface area contributed by atoms with Gasteiger partial charge >= 0.3 is 12.0 Å². The van der Waals surface area contributed by atoms with E-state index in [-0.39, 0.29) is 25.1 Å². The molecule has 4 aliphatic heterocycles. The fourth-order valence-electron chi connectivity index (χ4n) is 8.10. The van der Waals surface area contributed by atoms with Crippen molar-refractivity contribution in [2.24, 2.45) is 0 Å². The van der Waals surface area contributed by atoms with Crippen molar-refractivity contribution in [3.8, 4) is 0 Å². The summed E-state index contributed by atoms with van der Waals surface area (Å²) in [5.74, 6) is -6.65. The monoisotopic (exact) mass is 811 g/mol. The molecule has 312 valence electrons. The third kappa shape index (κ3) is 9.53. The second-order valence-corrected chi connectivity index (χ2v) is 15.4. The molecule has 4 aliphatic rings. The van der Waals surface area contributed by atoms with Gasteiger partial charge in [0, 0.05) is 37.7 Å². The summed E-state index contributed by atoms with van der Waals surface area (Å²) in [5.41, 5.74) is 1.28. The first-order valence-electron chi connectivity index (χ1n) is 19.6. The summed E-state index contributed by atoms with van der Waals surface area (Å²) in [6, 6.07) is 0.543. The number of cyclic esters (lactones) is 1. The molecule has 4 heterocycles. The molecule has 0 saturated carbocycles. The highest BCUT2D eigenvalue weighted by Crippen LogP contribution is 2.28. The van der Waals surface area contributed by atoms with E-state index in [2.05, 4.69) is 21.3 Å². The van der Waals surface area contributed by atoms with Gasteiger partial charge in [0.15, 0.2) is 0 Å². The van der Waals surface area contributed by atoms with Gasteiger partial charge in [-0.3, -0.25) is 24.0 Å². The Morgan fingerprint density at radius 2 is 1.50 bits per heavy atom. The van der Waals surface area contributed by atoms with Crippen LogP contribution in [0.4, 0.5) is 23.7 Å². The summed E-state index contributed by atoms with van der Waals surface area (Å²) in [7, 11) is 0. The number of urea groups is 1. The number of anilines is 1. The zero-order valence-electron chi connectivity index (χ0n) is 32.5. The van der Waals surface area contributed by atoms with Gasteiger partial charge in [0.05, 0.1) is 6.54 Å². The summed E-state index contributed by atoms with van der Waals surface area (Å²) < 4.78 is 49.2. The smallest absolute Gasteiger partial charge is 0.329 e. The topological polar surface area (TPSA) is 187 Å². The van der Waals surface area contributed by atoms with Crippen LogP contribution in [0.25, 0.3) is 0 Å². The maximum Gasteiger partial charge on any atom is 0.329 e. The molecule has 2 aromatic rings. The van der Waals surface area contributed by atoms with Crippen molar-refractivity contribution >= 4 is 47.2 Å². The van der Waals surface area contributed by atoms with E-state index >= 15 is 0 Å². The lowest BCUT2D eigenvalue weighted by atomic mass is 9.99. The first kappa shape index (κ1) is 41.9. The Labute approximate surface area is 333 Å². The van der Waals surface area contributed by atoms with E-state index in [0.717, 1.165) is 22.6 Å². The van der Waals surface area contributed by atoms with E-state index in [1.165, 1.54) is 23.6 Å². The van der Waals surface area contributed by atoms with Crippen LogP contribution in [0.3, 0.4) is 0 Å². The molecule has 6 rings (SSSR count). The Balaban J connectivity index is 1.34. The average Bonchev–Trinajstić information content (AvgIpc) is 3.83. The number of halogens is 3. The third-order valence-electron chi connectivity index (χ3n) is 11.1. The minimum absolute atomic E-state index is 0.0107. The quantitative estimate of drug-likeness (QED) is 0.320. The number of esters is 1. The second-order valence-electron chi connectivity index (χ2n) is 15.4. The number of aryl methyl sites for hydroxylation is 1. The average molecular weight is 812 g/mol. The number of nitrogens with one attached hydrogen (secondary N) is 4. The van der Waals surface area contributed by atoms with Crippen molar-refractivity contribution in [3.05, 3.63) is 65.2 Å². The number of amides is 7. The molecule has 0 spiro atoms. The lowest BCUT2D eigenvalue weighted by Gasteiger charge is -2.39. The van der Waals surface area contributed by atoms with Crippen LogP contribution in [0.5, 0.6) is 0 Å². The van der Waals surface area contributed by atoms with E-state index in [0.29, 0.717) is 37.4 Å². The van der Waals surface area contributed by atoms with E-state index in [9.17, 15) is 46.7 Å². The van der Waals surface area contributed by atoms with E-state index in [1.807, 2.05) is 6.92 Å². The van der Waals surface area contributed by atoms with Crippen LogP contribution < -0.4 is 21.3 Å². The Morgan fingerprint density at radius 3 is 2.21 bits per heavy atom. The fourth-order valence-corrected chi connectivity index (χ4v) is 8.10. The molecule has 0 radical (unpaired) electrons. The molecule has 2 aromatic carbocycles. The van der Waals surface area contributed by atoms with Crippen molar-refractivity contribution in [3.63, 3.8) is 0 Å². The molecule has 4 fully saturated rings. The van der Waals surface area contributed by atoms with E-state index in [1.54, 1.807) is 24.3 Å². The summed E-state index contributed by atoms with van der Waals surface area (Å²) in [6.07, 6.45) is -1.86. The molecule has 15 nitrogen and oxygen atoms in total. The van der Waals surface area contributed by atoms with Crippen molar-refractivity contribution in [1.29, 1.82) is 0 Å². The maximum atomic E-state index is 14.9. The van der Waals surface area contributed by atoms with Crippen LogP contribution in [0, 0.1) is 18.6 Å². The minimum atomic E-state index is -1.71. The third-order valence-corrected chi connectivity index (χ3v) is 11.1. The lowest BCUT2D eigenvalue weighted by Crippen LogP contribution is -2.63.